The van der Waals surface area contributed by atoms with E-state index in [1.807, 2.05) is 42.6 Å². The summed E-state index contributed by atoms with van der Waals surface area (Å²) in [5, 5.41) is 14.3. The van der Waals surface area contributed by atoms with Crippen LogP contribution in [0.3, 0.4) is 0 Å². The monoisotopic (exact) mass is 380 g/mol. The van der Waals surface area contributed by atoms with Crippen LogP contribution in [0.4, 0.5) is 4.39 Å². The summed E-state index contributed by atoms with van der Waals surface area (Å²) in [5.41, 5.74) is 4.52. The van der Waals surface area contributed by atoms with Crippen molar-refractivity contribution in [2.75, 3.05) is 6.54 Å². The van der Waals surface area contributed by atoms with Crippen LogP contribution in [0.2, 0.25) is 0 Å². The van der Waals surface area contributed by atoms with Gasteiger partial charge in [0.05, 0.1) is 11.6 Å². The number of halogens is 1. The number of nitrogens with one attached hydrogen (secondary N) is 1. The Morgan fingerprint density at radius 1 is 1.19 bits per heavy atom. The summed E-state index contributed by atoms with van der Waals surface area (Å²) in [6, 6.07) is 16.1. The normalized spacial score (nSPS) is 12.4. The number of nitro groups is 1. The highest BCUT2D eigenvalue weighted by Crippen LogP contribution is 2.40. The van der Waals surface area contributed by atoms with Crippen molar-refractivity contribution in [3.05, 3.63) is 91.9 Å². The molecular weight excluding hydrogens is 363 g/mol. The van der Waals surface area contributed by atoms with Crippen molar-refractivity contribution >= 4 is 22.2 Å². The van der Waals surface area contributed by atoms with Crippen molar-refractivity contribution in [3.8, 4) is 11.3 Å². The molecule has 0 spiro atoms. The van der Waals surface area contributed by atoms with Gasteiger partial charge in [-0.1, -0.05) is 18.2 Å². The number of nitrogens with zero attached hydrogens (tertiary/aromatic N) is 1. The van der Waals surface area contributed by atoms with Gasteiger partial charge in [-0.3, -0.25) is 10.1 Å². The summed E-state index contributed by atoms with van der Waals surface area (Å²) in [4.78, 5) is 15.5. The Morgan fingerprint density at radius 3 is 2.63 bits per heavy atom. The minimum Gasteiger partial charge on any atom is -0.354 e. The van der Waals surface area contributed by atoms with Gasteiger partial charge in [0.15, 0.2) is 0 Å². The molecule has 1 unspecified atom stereocenters. The molecule has 0 aliphatic carbocycles. The van der Waals surface area contributed by atoms with Crippen LogP contribution < -0.4 is 0 Å². The standard InChI is InChI=1S/C21H17FN2O2S/c1-13-4-9-16-18(11-13)23-21(14-5-7-15(22)8-6-14)20(16)17(12-24(25)26)19-3-2-10-27-19/h2-11,17,23H,12H2,1H3. The number of H-pyrrole nitrogens is 1. The summed E-state index contributed by atoms with van der Waals surface area (Å²) in [5.74, 6) is -0.691. The van der Waals surface area contributed by atoms with Gasteiger partial charge in [0.2, 0.25) is 6.54 Å². The molecule has 2 heterocycles. The molecule has 2 aromatic carbocycles. The van der Waals surface area contributed by atoms with Gasteiger partial charge in [-0.2, -0.15) is 0 Å². The number of benzene rings is 2. The highest BCUT2D eigenvalue weighted by molar-refractivity contribution is 7.10. The lowest BCUT2D eigenvalue weighted by Gasteiger charge is -2.14. The molecular formula is C21H17FN2O2S. The second-order valence-electron chi connectivity index (χ2n) is 6.55. The molecule has 0 bridgehead atoms. The van der Waals surface area contributed by atoms with Gasteiger partial charge in [-0.15, -0.1) is 11.3 Å². The SMILES string of the molecule is Cc1ccc2c(C(C[N+](=O)[O-])c3cccs3)c(-c3ccc(F)cc3)[nH]c2c1. The van der Waals surface area contributed by atoms with E-state index in [-0.39, 0.29) is 23.2 Å². The second kappa shape index (κ2) is 6.96. The maximum Gasteiger partial charge on any atom is 0.215 e. The molecule has 6 heteroatoms. The number of aromatic amines is 1. The lowest BCUT2D eigenvalue weighted by molar-refractivity contribution is -0.481. The average Bonchev–Trinajstić information content (AvgIpc) is 3.28. The number of fused-ring (bicyclic) bond motifs is 1. The highest BCUT2D eigenvalue weighted by Gasteiger charge is 2.28. The topological polar surface area (TPSA) is 58.9 Å². The smallest absolute Gasteiger partial charge is 0.215 e. The zero-order valence-corrected chi connectivity index (χ0v) is 15.4. The zero-order valence-electron chi connectivity index (χ0n) is 14.6. The van der Waals surface area contributed by atoms with Crippen molar-refractivity contribution in [2.24, 2.45) is 0 Å². The third-order valence-corrected chi connectivity index (χ3v) is 5.68. The Balaban J connectivity index is 1.99. The van der Waals surface area contributed by atoms with Gasteiger partial charge in [0.1, 0.15) is 5.82 Å². The largest absolute Gasteiger partial charge is 0.354 e. The molecule has 0 fully saturated rings. The lowest BCUT2D eigenvalue weighted by atomic mass is 9.91. The van der Waals surface area contributed by atoms with E-state index in [9.17, 15) is 14.5 Å². The molecule has 0 saturated heterocycles. The molecule has 4 rings (SSSR count). The molecule has 4 aromatic rings. The van der Waals surface area contributed by atoms with Gasteiger partial charge in [-0.25, -0.2) is 4.39 Å². The highest BCUT2D eigenvalue weighted by atomic mass is 32.1. The fraction of sp³-hybridized carbons (Fsp3) is 0.143. The van der Waals surface area contributed by atoms with E-state index in [1.54, 1.807) is 12.1 Å². The first kappa shape index (κ1) is 17.4. The van der Waals surface area contributed by atoms with E-state index in [2.05, 4.69) is 4.98 Å². The van der Waals surface area contributed by atoms with Gasteiger partial charge in [0, 0.05) is 26.3 Å². The molecule has 0 amide bonds. The third-order valence-electron chi connectivity index (χ3n) is 4.69. The van der Waals surface area contributed by atoms with Gasteiger partial charge < -0.3 is 4.98 Å². The number of hydrogen-bond donors (Lipinski definition) is 1. The summed E-state index contributed by atoms with van der Waals surface area (Å²) >= 11 is 1.51. The van der Waals surface area contributed by atoms with Crippen LogP contribution in [-0.4, -0.2) is 16.5 Å². The Kier molecular flexibility index (Phi) is 4.49. The first-order valence-corrected chi connectivity index (χ1v) is 9.44. The van der Waals surface area contributed by atoms with Gasteiger partial charge >= 0.3 is 0 Å². The molecule has 4 nitrogen and oxygen atoms in total. The van der Waals surface area contributed by atoms with Crippen molar-refractivity contribution in [1.82, 2.24) is 4.98 Å². The average molecular weight is 380 g/mol. The molecule has 1 N–H and O–H groups in total. The maximum atomic E-state index is 13.4. The Bertz CT molecular complexity index is 1100. The van der Waals surface area contributed by atoms with E-state index in [0.29, 0.717) is 0 Å². The lowest BCUT2D eigenvalue weighted by Crippen LogP contribution is -2.13. The van der Waals surface area contributed by atoms with Crippen LogP contribution in [0.5, 0.6) is 0 Å². The number of rotatable bonds is 5. The van der Waals surface area contributed by atoms with Crippen molar-refractivity contribution in [3.63, 3.8) is 0 Å². The predicted octanol–water partition coefficient (Wildman–Crippen LogP) is 5.75. The van der Waals surface area contributed by atoms with E-state index in [4.69, 9.17) is 0 Å². The van der Waals surface area contributed by atoms with E-state index in [1.165, 1.54) is 23.5 Å². The summed E-state index contributed by atoms with van der Waals surface area (Å²) in [7, 11) is 0. The number of aromatic nitrogens is 1. The van der Waals surface area contributed by atoms with Crippen LogP contribution in [0.15, 0.2) is 60.0 Å². The Morgan fingerprint density at radius 2 is 1.96 bits per heavy atom. The number of aryl methyl sites for hydroxylation is 1. The summed E-state index contributed by atoms with van der Waals surface area (Å²) in [6.07, 6.45) is 0. The summed E-state index contributed by atoms with van der Waals surface area (Å²) in [6.45, 7) is 1.81. The van der Waals surface area contributed by atoms with Crippen molar-refractivity contribution in [2.45, 2.75) is 12.8 Å². The minimum absolute atomic E-state index is 0.199. The van der Waals surface area contributed by atoms with Crippen LogP contribution in [0.25, 0.3) is 22.2 Å². The quantitative estimate of drug-likeness (QED) is 0.354. The fourth-order valence-electron chi connectivity index (χ4n) is 3.50. The maximum absolute atomic E-state index is 13.4. The molecule has 1 atom stereocenters. The van der Waals surface area contributed by atoms with Crippen molar-refractivity contribution in [1.29, 1.82) is 0 Å². The van der Waals surface area contributed by atoms with Crippen LogP contribution in [0, 0.1) is 22.9 Å². The van der Waals surface area contributed by atoms with Gasteiger partial charge in [0.25, 0.3) is 0 Å². The van der Waals surface area contributed by atoms with Crippen LogP contribution >= 0.6 is 11.3 Å². The fourth-order valence-corrected chi connectivity index (χ4v) is 4.33. The van der Waals surface area contributed by atoms with Crippen molar-refractivity contribution < 1.29 is 9.31 Å². The Hall–Kier alpha value is -2.99. The third kappa shape index (κ3) is 3.36. The van der Waals surface area contributed by atoms with Crippen LogP contribution in [0.1, 0.15) is 21.9 Å². The molecule has 0 saturated carbocycles. The molecule has 0 aliphatic heterocycles. The van der Waals surface area contributed by atoms with Crippen LogP contribution in [-0.2, 0) is 0 Å². The minimum atomic E-state index is -0.378. The zero-order chi connectivity index (χ0) is 19.0. The molecule has 136 valence electrons. The predicted molar refractivity (Wildman–Crippen MR) is 106 cm³/mol. The van der Waals surface area contributed by atoms with E-state index >= 15 is 0 Å². The first-order chi connectivity index (χ1) is 13.0. The molecule has 0 radical (unpaired) electrons. The molecule has 27 heavy (non-hydrogen) atoms. The van der Waals surface area contributed by atoms with E-state index in [0.717, 1.165) is 38.2 Å². The number of thiophene rings is 1. The van der Waals surface area contributed by atoms with E-state index < -0.39 is 0 Å². The first-order valence-electron chi connectivity index (χ1n) is 8.56. The van der Waals surface area contributed by atoms with Gasteiger partial charge in [-0.05, 0) is 59.8 Å². The summed E-state index contributed by atoms with van der Waals surface area (Å²) < 4.78 is 13.4. The Labute approximate surface area is 159 Å². The second-order valence-corrected chi connectivity index (χ2v) is 7.53. The molecule has 2 aromatic heterocycles. The molecule has 0 aliphatic rings. The number of hydrogen-bond acceptors (Lipinski definition) is 3.